The molecule has 1 unspecified atom stereocenters. The van der Waals surface area contributed by atoms with E-state index in [4.69, 9.17) is 14.2 Å². The number of piperidine rings is 1. The number of esters is 1. The van der Waals surface area contributed by atoms with Crippen molar-refractivity contribution in [2.75, 3.05) is 38.3 Å². The summed E-state index contributed by atoms with van der Waals surface area (Å²) < 4.78 is 16.3. The molecule has 0 saturated carbocycles. The van der Waals surface area contributed by atoms with Gasteiger partial charge in [0.05, 0.1) is 25.9 Å². The Balaban J connectivity index is 1.51. The van der Waals surface area contributed by atoms with E-state index in [0.717, 1.165) is 57.7 Å². The molecule has 1 atom stereocenters. The highest BCUT2D eigenvalue weighted by Gasteiger charge is 2.23. The number of nitrogens with zero attached hydrogens (tertiary/aromatic N) is 1. The lowest BCUT2D eigenvalue weighted by Gasteiger charge is -2.34. The molecule has 144 valence electrons. The minimum absolute atomic E-state index is 0.0141. The number of aliphatic hydroxyl groups is 1. The van der Waals surface area contributed by atoms with Crippen molar-refractivity contribution in [2.24, 2.45) is 5.92 Å². The Morgan fingerprint density at radius 2 is 2.08 bits per heavy atom. The Morgan fingerprint density at radius 1 is 1.27 bits per heavy atom. The highest BCUT2D eigenvalue weighted by molar-refractivity contribution is 5.91. The van der Waals surface area contributed by atoms with E-state index in [1.165, 1.54) is 13.5 Å². The zero-order valence-corrected chi connectivity index (χ0v) is 15.5. The van der Waals surface area contributed by atoms with E-state index in [2.05, 4.69) is 4.90 Å². The summed E-state index contributed by atoms with van der Waals surface area (Å²) in [6, 6.07) is 5.55. The molecule has 1 N–H and O–H groups in total. The van der Waals surface area contributed by atoms with Crippen LogP contribution < -0.4 is 4.90 Å². The normalized spacial score (nSPS) is 21.6. The number of ether oxygens (including phenoxy) is 3. The highest BCUT2D eigenvalue weighted by atomic mass is 16.7. The minimum atomic E-state index is -0.415. The Kier molecular flexibility index (Phi) is 6.88. The first-order valence-electron chi connectivity index (χ1n) is 9.51. The molecule has 0 aromatic heterocycles. The molecule has 2 heterocycles. The summed E-state index contributed by atoms with van der Waals surface area (Å²) in [4.78, 5) is 14.1. The molecule has 2 aliphatic rings. The fraction of sp³-hybridized carbons (Fsp3) is 0.650. The van der Waals surface area contributed by atoms with E-state index in [9.17, 15) is 9.90 Å². The third-order valence-corrected chi connectivity index (χ3v) is 5.30. The number of benzene rings is 1. The van der Waals surface area contributed by atoms with E-state index in [-0.39, 0.29) is 12.9 Å². The van der Waals surface area contributed by atoms with Crippen LogP contribution in [0.15, 0.2) is 18.2 Å². The predicted molar refractivity (Wildman–Crippen MR) is 98.2 cm³/mol. The first kappa shape index (κ1) is 19.1. The van der Waals surface area contributed by atoms with Gasteiger partial charge in [0, 0.05) is 25.4 Å². The Hall–Kier alpha value is -1.63. The van der Waals surface area contributed by atoms with Gasteiger partial charge in [-0.2, -0.15) is 0 Å². The lowest BCUT2D eigenvalue weighted by molar-refractivity contribution is -0.169. The van der Waals surface area contributed by atoms with Crippen molar-refractivity contribution in [3.63, 3.8) is 0 Å². The summed E-state index contributed by atoms with van der Waals surface area (Å²) in [6.45, 7) is 3.30. The summed E-state index contributed by atoms with van der Waals surface area (Å²) in [5.41, 5.74) is 2.07. The van der Waals surface area contributed by atoms with E-state index < -0.39 is 5.97 Å². The van der Waals surface area contributed by atoms with Crippen molar-refractivity contribution in [2.45, 2.75) is 45.0 Å². The SMILES string of the molecule is COC(=O)c1ccc(N2CCC(COC3CCCCO3)CC2)cc1CO. The van der Waals surface area contributed by atoms with Crippen LogP contribution in [0, 0.1) is 5.92 Å². The molecule has 26 heavy (non-hydrogen) atoms. The molecular formula is C20H29NO5. The summed E-state index contributed by atoms with van der Waals surface area (Å²) in [5.74, 6) is 0.143. The molecule has 6 heteroatoms. The fourth-order valence-electron chi connectivity index (χ4n) is 3.66. The van der Waals surface area contributed by atoms with Crippen LogP contribution in [-0.4, -0.2) is 50.8 Å². The quantitative estimate of drug-likeness (QED) is 0.784. The number of carbonyl (C=O) groups excluding carboxylic acids is 1. The molecule has 1 aromatic carbocycles. The standard InChI is InChI=1S/C20H29NO5/c1-24-20(23)18-6-5-17(12-16(18)13-22)21-9-7-15(8-10-21)14-26-19-4-2-3-11-25-19/h5-6,12,15,19,22H,2-4,7-11,13-14H2,1H3. The third-order valence-electron chi connectivity index (χ3n) is 5.30. The van der Waals surface area contributed by atoms with Crippen LogP contribution in [0.1, 0.15) is 48.0 Å². The fourth-order valence-corrected chi connectivity index (χ4v) is 3.66. The van der Waals surface area contributed by atoms with Crippen LogP contribution in [0.3, 0.4) is 0 Å². The van der Waals surface area contributed by atoms with Crippen LogP contribution in [-0.2, 0) is 20.8 Å². The summed E-state index contributed by atoms with van der Waals surface area (Å²) >= 11 is 0. The van der Waals surface area contributed by atoms with Gasteiger partial charge in [0.2, 0.25) is 0 Å². The number of hydrogen-bond acceptors (Lipinski definition) is 6. The van der Waals surface area contributed by atoms with Crippen LogP contribution >= 0.6 is 0 Å². The average Bonchev–Trinajstić information content (AvgIpc) is 2.72. The van der Waals surface area contributed by atoms with E-state index in [1.807, 2.05) is 12.1 Å². The maximum absolute atomic E-state index is 11.8. The summed E-state index contributed by atoms with van der Waals surface area (Å²) in [6.07, 6.45) is 5.47. The lowest BCUT2D eigenvalue weighted by Crippen LogP contribution is -2.36. The number of hydrogen-bond donors (Lipinski definition) is 1. The number of carbonyl (C=O) groups is 1. The molecular weight excluding hydrogens is 334 g/mol. The van der Waals surface area contributed by atoms with Crippen molar-refractivity contribution in [3.05, 3.63) is 29.3 Å². The zero-order valence-electron chi connectivity index (χ0n) is 15.5. The van der Waals surface area contributed by atoms with Crippen LogP contribution in [0.25, 0.3) is 0 Å². The molecule has 2 aliphatic heterocycles. The molecule has 0 radical (unpaired) electrons. The van der Waals surface area contributed by atoms with Gasteiger partial charge in [-0.15, -0.1) is 0 Å². The topological polar surface area (TPSA) is 68.2 Å². The van der Waals surface area contributed by atoms with Gasteiger partial charge in [0.25, 0.3) is 0 Å². The van der Waals surface area contributed by atoms with Crippen molar-refractivity contribution in [3.8, 4) is 0 Å². The van der Waals surface area contributed by atoms with E-state index in [0.29, 0.717) is 17.0 Å². The minimum Gasteiger partial charge on any atom is -0.465 e. The predicted octanol–water partition coefficient (Wildman–Crippen LogP) is 2.73. The maximum atomic E-state index is 11.8. The van der Waals surface area contributed by atoms with Gasteiger partial charge in [-0.25, -0.2) is 4.79 Å². The summed E-state index contributed by atoms with van der Waals surface area (Å²) in [5, 5.41) is 9.57. The molecule has 0 spiro atoms. The molecule has 6 nitrogen and oxygen atoms in total. The molecule has 3 rings (SSSR count). The van der Waals surface area contributed by atoms with Gasteiger partial charge in [0.1, 0.15) is 0 Å². The van der Waals surface area contributed by atoms with E-state index in [1.54, 1.807) is 6.07 Å². The maximum Gasteiger partial charge on any atom is 0.338 e. The number of aliphatic hydroxyl groups excluding tert-OH is 1. The molecule has 2 saturated heterocycles. The second-order valence-electron chi connectivity index (χ2n) is 7.05. The van der Waals surface area contributed by atoms with Gasteiger partial charge in [-0.3, -0.25) is 0 Å². The van der Waals surface area contributed by atoms with Crippen molar-refractivity contribution in [1.29, 1.82) is 0 Å². The Bertz CT molecular complexity index is 592. The second kappa shape index (κ2) is 9.35. The van der Waals surface area contributed by atoms with Gasteiger partial charge in [0.15, 0.2) is 6.29 Å². The highest BCUT2D eigenvalue weighted by Crippen LogP contribution is 2.27. The number of methoxy groups -OCH3 is 1. The Labute approximate surface area is 155 Å². The second-order valence-corrected chi connectivity index (χ2v) is 7.05. The van der Waals surface area contributed by atoms with Crippen LogP contribution in [0.2, 0.25) is 0 Å². The van der Waals surface area contributed by atoms with Gasteiger partial charge in [-0.1, -0.05) is 0 Å². The molecule has 0 aliphatic carbocycles. The lowest BCUT2D eigenvalue weighted by atomic mass is 9.96. The summed E-state index contributed by atoms with van der Waals surface area (Å²) in [7, 11) is 1.35. The first-order chi connectivity index (χ1) is 12.7. The van der Waals surface area contributed by atoms with Crippen molar-refractivity contribution < 1.29 is 24.1 Å². The van der Waals surface area contributed by atoms with Gasteiger partial charge in [-0.05, 0) is 61.8 Å². The molecule has 0 bridgehead atoms. The van der Waals surface area contributed by atoms with Gasteiger partial charge >= 0.3 is 5.97 Å². The van der Waals surface area contributed by atoms with Gasteiger partial charge < -0.3 is 24.2 Å². The monoisotopic (exact) mass is 363 g/mol. The molecule has 1 aromatic rings. The average molecular weight is 363 g/mol. The molecule has 2 fully saturated rings. The van der Waals surface area contributed by atoms with Crippen LogP contribution in [0.4, 0.5) is 5.69 Å². The molecule has 0 amide bonds. The largest absolute Gasteiger partial charge is 0.465 e. The first-order valence-corrected chi connectivity index (χ1v) is 9.51. The van der Waals surface area contributed by atoms with Crippen LogP contribution in [0.5, 0.6) is 0 Å². The zero-order chi connectivity index (χ0) is 18.4. The Morgan fingerprint density at radius 3 is 2.73 bits per heavy atom. The van der Waals surface area contributed by atoms with E-state index >= 15 is 0 Å². The third kappa shape index (κ3) is 4.75. The smallest absolute Gasteiger partial charge is 0.338 e. The number of rotatable bonds is 6. The van der Waals surface area contributed by atoms with Crippen molar-refractivity contribution >= 4 is 11.7 Å². The number of anilines is 1. The van der Waals surface area contributed by atoms with Crippen molar-refractivity contribution in [1.82, 2.24) is 0 Å².